The Morgan fingerprint density at radius 3 is 2.41 bits per heavy atom. The van der Waals surface area contributed by atoms with Gasteiger partial charge < -0.3 is 15.0 Å². The number of hydrogen-bond donors (Lipinski definition) is 1. The fraction of sp³-hybridized carbons (Fsp3) is 0.391. The first-order valence-electron chi connectivity index (χ1n) is 10.3. The van der Waals surface area contributed by atoms with Crippen molar-refractivity contribution in [3.05, 3.63) is 59.7 Å². The van der Waals surface area contributed by atoms with Crippen molar-refractivity contribution in [2.75, 3.05) is 30.8 Å². The maximum absolute atomic E-state index is 13.4. The van der Waals surface area contributed by atoms with Crippen LogP contribution in [-0.2, 0) is 26.2 Å². The molecule has 0 saturated carbocycles. The van der Waals surface area contributed by atoms with Gasteiger partial charge in [-0.3, -0.25) is 13.9 Å². The zero-order chi connectivity index (χ0) is 23.9. The second-order valence-corrected chi connectivity index (χ2v) is 9.43. The van der Waals surface area contributed by atoms with Gasteiger partial charge in [0.2, 0.25) is 21.8 Å². The second kappa shape index (κ2) is 11.0. The van der Waals surface area contributed by atoms with Gasteiger partial charge in [-0.05, 0) is 38.5 Å². The fourth-order valence-corrected chi connectivity index (χ4v) is 4.20. The van der Waals surface area contributed by atoms with E-state index in [-0.39, 0.29) is 18.1 Å². The number of aryl methyl sites for hydroxylation is 1. The molecule has 2 aromatic carbocycles. The van der Waals surface area contributed by atoms with E-state index in [0.29, 0.717) is 12.3 Å². The number of para-hydroxylation sites is 2. The molecule has 0 unspecified atom stereocenters. The minimum absolute atomic E-state index is 0.169. The van der Waals surface area contributed by atoms with E-state index < -0.39 is 28.5 Å². The van der Waals surface area contributed by atoms with E-state index in [1.807, 2.05) is 31.2 Å². The summed E-state index contributed by atoms with van der Waals surface area (Å²) in [5, 5.41) is 2.73. The van der Waals surface area contributed by atoms with Gasteiger partial charge in [0, 0.05) is 13.1 Å². The first-order chi connectivity index (χ1) is 15.1. The Hall–Kier alpha value is -3.07. The molecule has 2 amide bonds. The summed E-state index contributed by atoms with van der Waals surface area (Å²) in [4.78, 5) is 27.4. The lowest BCUT2D eigenvalue weighted by Gasteiger charge is -2.31. The van der Waals surface area contributed by atoms with E-state index in [1.54, 1.807) is 38.1 Å². The molecule has 1 atom stereocenters. The maximum Gasteiger partial charge on any atom is 0.244 e. The van der Waals surface area contributed by atoms with Crippen LogP contribution in [0.5, 0.6) is 5.75 Å². The van der Waals surface area contributed by atoms with E-state index >= 15 is 0 Å². The summed E-state index contributed by atoms with van der Waals surface area (Å²) in [6.45, 7) is 5.50. The van der Waals surface area contributed by atoms with Gasteiger partial charge in [-0.15, -0.1) is 0 Å². The maximum atomic E-state index is 13.4. The van der Waals surface area contributed by atoms with Crippen LogP contribution in [0.15, 0.2) is 48.5 Å². The summed E-state index contributed by atoms with van der Waals surface area (Å²) in [6.07, 6.45) is 1.03. The number of hydrogen-bond acceptors (Lipinski definition) is 5. The van der Waals surface area contributed by atoms with Gasteiger partial charge in [0.05, 0.1) is 19.1 Å². The monoisotopic (exact) mass is 461 g/mol. The lowest BCUT2D eigenvalue weighted by molar-refractivity contribution is -0.139. The van der Waals surface area contributed by atoms with E-state index in [0.717, 1.165) is 21.7 Å². The molecule has 9 heteroatoms. The Morgan fingerprint density at radius 1 is 1.12 bits per heavy atom. The van der Waals surface area contributed by atoms with Crippen molar-refractivity contribution in [3.63, 3.8) is 0 Å². The normalized spacial score (nSPS) is 12.0. The molecule has 32 heavy (non-hydrogen) atoms. The molecule has 0 spiro atoms. The van der Waals surface area contributed by atoms with Crippen molar-refractivity contribution in [2.45, 2.75) is 33.4 Å². The van der Waals surface area contributed by atoms with Crippen LogP contribution in [0.2, 0.25) is 0 Å². The zero-order valence-electron chi connectivity index (χ0n) is 19.2. The molecule has 0 aliphatic heterocycles. The third-order valence-corrected chi connectivity index (χ3v) is 6.11. The molecule has 2 rings (SSSR count). The van der Waals surface area contributed by atoms with E-state index in [4.69, 9.17) is 4.74 Å². The quantitative estimate of drug-likeness (QED) is 0.586. The molecule has 0 bridgehead atoms. The van der Waals surface area contributed by atoms with Crippen LogP contribution in [0.25, 0.3) is 0 Å². The van der Waals surface area contributed by atoms with Gasteiger partial charge in [0.1, 0.15) is 18.3 Å². The Labute approximate surface area is 190 Å². The number of carbonyl (C=O) groups excluding carboxylic acids is 2. The summed E-state index contributed by atoms with van der Waals surface area (Å²) in [5.74, 6) is -0.481. The minimum Gasteiger partial charge on any atom is -0.495 e. The summed E-state index contributed by atoms with van der Waals surface area (Å²) in [6, 6.07) is 13.4. The Morgan fingerprint density at radius 2 is 1.81 bits per heavy atom. The van der Waals surface area contributed by atoms with Crippen LogP contribution in [0.1, 0.15) is 25.0 Å². The van der Waals surface area contributed by atoms with Crippen molar-refractivity contribution < 1.29 is 22.7 Å². The minimum atomic E-state index is -3.81. The van der Waals surface area contributed by atoms with E-state index in [2.05, 4.69) is 5.32 Å². The molecule has 0 aliphatic rings. The predicted molar refractivity (Wildman–Crippen MR) is 125 cm³/mol. The first-order valence-corrected chi connectivity index (χ1v) is 12.2. The molecule has 0 fully saturated rings. The lowest BCUT2D eigenvalue weighted by atomic mass is 10.1. The van der Waals surface area contributed by atoms with E-state index in [9.17, 15) is 18.0 Å². The number of ether oxygens (including phenoxy) is 1. The average molecular weight is 462 g/mol. The molecule has 0 aliphatic carbocycles. The highest BCUT2D eigenvalue weighted by Crippen LogP contribution is 2.29. The van der Waals surface area contributed by atoms with Crippen LogP contribution in [-0.4, -0.2) is 57.6 Å². The fourth-order valence-electron chi connectivity index (χ4n) is 3.34. The summed E-state index contributed by atoms with van der Waals surface area (Å²) < 4.78 is 31.5. The number of benzene rings is 2. The molecule has 0 saturated heterocycles. The highest BCUT2D eigenvalue weighted by molar-refractivity contribution is 7.92. The van der Waals surface area contributed by atoms with Gasteiger partial charge in [-0.25, -0.2) is 8.42 Å². The van der Waals surface area contributed by atoms with Gasteiger partial charge >= 0.3 is 0 Å². The number of carbonyl (C=O) groups is 2. The summed E-state index contributed by atoms with van der Waals surface area (Å²) in [7, 11) is -2.38. The molecular weight excluding hydrogens is 430 g/mol. The number of amides is 2. The number of rotatable bonds is 10. The molecule has 8 nitrogen and oxygen atoms in total. The Kier molecular flexibility index (Phi) is 8.65. The number of sulfonamides is 1. The number of nitrogens with zero attached hydrogens (tertiary/aromatic N) is 2. The topological polar surface area (TPSA) is 96.0 Å². The van der Waals surface area contributed by atoms with Crippen molar-refractivity contribution in [3.8, 4) is 5.75 Å². The highest BCUT2D eigenvalue weighted by Gasteiger charge is 2.30. The second-order valence-electron chi connectivity index (χ2n) is 7.52. The van der Waals surface area contributed by atoms with Gasteiger partial charge in [0.25, 0.3) is 0 Å². The lowest BCUT2D eigenvalue weighted by Crippen LogP contribution is -2.51. The third kappa shape index (κ3) is 6.46. The van der Waals surface area contributed by atoms with Crippen LogP contribution in [0.3, 0.4) is 0 Å². The van der Waals surface area contributed by atoms with Crippen molar-refractivity contribution in [1.29, 1.82) is 0 Å². The molecule has 0 radical (unpaired) electrons. The smallest absolute Gasteiger partial charge is 0.244 e. The highest BCUT2D eigenvalue weighted by atomic mass is 32.2. The predicted octanol–water partition coefficient (Wildman–Crippen LogP) is 2.32. The standard InChI is InChI=1S/C23H31N3O5S/c1-6-24-23(28)18(3)25(15-19-11-9-10-17(2)14-19)22(27)16-26(32(5,29)30)20-12-7-8-13-21(20)31-4/h7-14,18H,6,15-16H2,1-5H3,(H,24,28)/t18-/m1/s1. The van der Waals surface area contributed by atoms with Crippen LogP contribution in [0, 0.1) is 6.92 Å². The molecule has 2 aromatic rings. The van der Waals surface area contributed by atoms with Gasteiger partial charge in [-0.1, -0.05) is 42.0 Å². The zero-order valence-corrected chi connectivity index (χ0v) is 20.0. The number of likely N-dealkylation sites (N-methyl/N-ethyl adjacent to an activating group) is 1. The van der Waals surface area contributed by atoms with Crippen molar-refractivity contribution >= 4 is 27.5 Å². The van der Waals surface area contributed by atoms with E-state index in [1.165, 1.54) is 12.0 Å². The number of methoxy groups -OCH3 is 1. The Bertz CT molecular complexity index is 1060. The van der Waals surface area contributed by atoms with Crippen LogP contribution >= 0.6 is 0 Å². The van der Waals surface area contributed by atoms with Crippen LogP contribution in [0.4, 0.5) is 5.69 Å². The van der Waals surface area contributed by atoms with Gasteiger partial charge in [0.15, 0.2) is 0 Å². The third-order valence-electron chi connectivity index (χ3n) is 4.99. The number of anilines is 1. The molecule has 0 heterocycles. The van der Waals surface area contributed by atoms with Crippen molar-refractivity contribution in [2.24, 2.45) is 0 Å². The molecule has 174 valence electrons. The largest absolute Gasteiger partial charge is 0.495 e. The first kappa shape index (κ1) is 25.2. The molecule has 1 N–H and O–H groups in total. The average Bonchev–Trinajstić information content (AvgIpc) is 2.74. The van der Waals surface area contributed by atoms with Gasteiger partial charge in [-0.2, -0.15) is 0 Å². The molecule has 0 aromatic heterocycles. The number of nitrogens with one attached hydrogen (secondary N) is 1. The van der Waals surface area contributed by atoms with Crippen molar-refractivity contribution in [1.82, 2.24) is 10.2 Å². The van der Waals surface area contributed by atoms with Crippen LogP contribution < -0.4 is 14.4 Å². The SMILES string of the molecule is CCNC(=O)[C@@H](C)N(Cc1cccc(C)c1)C(=O)CN(c1ccccc1OC)S(C)(=O)=O. The Balaban J connectivity index is 2.42. The molecular formula is C23H31N3O5S. The summed E-state index contributed by atoms with van der Waals surface area (Å²) in [5.41, 5.74) is 2.12. The summed E-state index contributed by atoms with van der Waals surface area (Å²) >= 11 is 0.